The first-order valence-corrected chi connectivity index (χ1v) is 7.99. The van der Waals surface area contributed by atoms with E-state index in [1.165, 1.54) is 45.9 Å². The Morgan fingerprint density at radius 1 is 1.00 bits per heavy atom. The van der Waals surface area contributed by atoms with Gasteiger partial charge in [-0.1, -0.05) is 42.6 Å². The van der Waals surface area contributed by atoms with Gasteiger partial charge in [0.1, 0.15) is 0 Å². The fourth-order valence-electron chi connectivity index (χ4n) is 1.68. The Labute approximate surface area is 122 Å². The molecular formula is C14H21Br2N. The number of halogens is 2. The van der Waals surface area contributed by atoms with Gasteiger partial charge in [-0.15, -0.1) is 0 Å². The molecule has 0 amide bonds. The molecule has 0 saturated heterocycles. The van der Waals surface area contributed by atoms with Crippen LogP contribution in [0.5, 0.6) is 0 Å². The smallest absolute Gasteiger partial charge is 0.0496 e. The maximum absolute atomic E-state index is 3.66. The summed E-state index contributed by atoms with van der Waals surface area (Å²) >= 11 is 7.30. The number of benzene rings is 1. The summed E-state index contributed by atoms with van der Waals surface area (Å²) in [5.41, 5.74) is 2.57. The average Bonchev–Trinajstić information content (AvgIpc) is 2.31. The first kappa shape index (κ1) is 15.0. The lowest BCUT2D eigenvalue weighted by molar-refractivity contribution is 0.792. The molecule has 0 unspecified atom stereocenters. The molecule has 1 aromatic rings. The van der Waals surface area contributed by atoms with Crippen molar-refractivity contribution >= 4 is 37.5 Å². The van der Waals surface area contributed by atoms with Gasteiger partial charge in [0.25, 0.3) is 0 Å². The Bertz CT molecular complexity index is 350. The molecule has 0 aliphatic rings. The second kappa shape index (κ2) is 8.15. The number of hydrogen-bond donors (Lipinski definition) is 1. The standard InChI is InChI=1S/C14H21Br2N/c1-3-5-7-11-9-13(16)14(10-12(11)15)17-8-6-4-2/h9-10,17H,3-8H2,1-2H3. The number of anilines is 1. The highest BCUT2D eigenvalue weighted by atomic mass is 79.9. The van der Waals surface area contributed by atoms with Gasteiger partial charge in [0.05, 0.1) is 0 Å². The lowest BCUT2D eigenvalue weighted by Gasteiger charge is -2.12. The number of rotatable bonds is 7. The van der Waals surface area contributed by atoms with Gasteiger partial charge < -0.3 is 5.32 Å². The molecule has 17 heavy (non-hydrogen) atoms. The Kier molecular flexibility index (Phi) is 7.21. The van der Waals surface area contributed by atoms with Crippen molar-refractivity contribution in [2.24, 2.45) is 0 Å². The van der Waals surface area contributed by atoms with Gasteiger partial charge >= 0.3 is 0 Å². The van der Waals surface area contributed by atoms with Crippen molar-refractivity contribution in [2.45, 2.75) is 46.0 Å². The molecule has 0 aliphatic heterocycles. The lowest BCUT2D eigenvalue weighted by Crippen LogP contribution is -2.02. The highest BCUT2D eigenvalue weighted by molar-refractivity contribution is 9.11. The third kappa shape index (κ3) is 5.01. The second-order valence-electron chi connectivity index (χ2n) is 4.31. The zero-order valence-corrected chi connectivity index (χ0v) is 13.8. The van der Waals surface area contributed by atoms with E-state index in [2.05, 4.69) is 63.2 Å². The lowest BCUT2D eigenvalue weighted by atomic mass is 10.1. The average molecular weight is 363 g/mol. The van der Waals surface area contributed by atoms with Crippen LogP contribution in [-0.4, -0.2) is 6.54 Å². The quantitative estimate of drug-likeness (QED) is 0.607. The first-order valence-electron chi connectivity index (χ1n) is 6.40. The molecule has 0 radical (unpaired) electrons. The van der Waals surface area contributed by atoms with Gasteiger partial charge in [0.15, 0.2) is 0 Å². The van der Waals surface area contributed by atoms with Crippen LogP contribution in [0.4, 0.5) is 5.69 Å². The Balaban J connectivity index is 2.71. The second-order valence-corrected chi connectivity index (χ2v) is 6.02. The largest absolute Gasteiger partial charge is 0.384 e. The van der Waals surface area contributed by atoms with Crippen LogP contribution >= 0.6 is 31.9 Å². The van der Waals surface area contributed by atoms with E-state index in [0.717, 1.165) is 13.0 Å². The van der Waals surface area contributed by atoms with E-state index in [0.29, 0.717) is 0 Å². The van der Waals surface area contributed by atoms with E-state index < -0.39 is 0 Å². The van der Waals surface area contributed by atoms with Crippen molar-refractivity contribution in [1.29, 1.82) is 0 Å². The topological polar surface area (TPSA) is 12.0 Å². The molecule has 0 heterocycles. The number of unbranched alkanes of at least 4 members (excludes halogenated alkanes) is 2. The molecule has 1 rings (SSSR count). The number of nitrogens with one attached hydrogen (secondary N) is 1. The summed E-state index contributed by atoms with van der Waals surface area (Å²) in [7, 11) is 0. The highest BCUT2D eigenvalue weighted by Gasteiger charge is 2.06. The van der Waals surface area contributed by atoms with Crippen molar-refractivity contribution in [3.63, 3.8) is 0 Å². The third-order valence-electron chi connectivity index (χ3n) is 2.78. The molecule has 3 heteroatoms. The maximum atomic E-state index is 3.66. The van der Waals surface area contributed by atoms with Crippen LogP contribution in [0.2, 0.25) is 0 Å². The summed E-state index contributed by atoms with van der Waals surface area (Å²) in [6, 6.07) is 4.42. The van der Waals surface area contributed by atoms with E-state index in [4.69, 9.17) is 0 Å². The zero-order valence-electron chi connectivity index (χ0n) is 10.7. The highest BCUT2D eigenvalue weighted by Crippen LogP contribution is 2.30. The van der Waals surface area contributed by atoms with Crippen molar-refractivity contribution in [3.05, 3.63) is 26.6 Å². The van der Waals surface area contributed by atoms with Crippen LogP contribution in [0.1, 0.15) is 45.1 Å². The van der Waals surface area contributed by atoms with Gasteiger partial charge in [-0.25, -0.2) is 0 Å². The number of aryl methyl sites for hydroxylation is 1. The molecule has 0 saturated carbocycles. The minimum Gasteiger partial charge on any atom is -0.384 e. The number of hydrogen-bond acceptors (Lipinski definition) is 1. The molecule has 0 atom stereocenters. The minimum absolute atomic E-state index is 1.04. The van der Waals surface area contributed by atoms with Gasteiger partial charge in [0.2, 0.25) is 0 Å². The van der Waals surface area contributed by atoms with Gasteiger partial charge in [-0.3, -0.25) is 0 Å². The van der Waals surface area contributed by atoms with Gasteiger partial charge in [0, 0.05) is 21.2 Å². The summed E-state index contributed by atoms with van der Waals surface area (Å²) in [5, 5.41) is 3.46. The van der Waals surface area contributed by atoms with E-state index in [1.54, 1.807) is 0 Å². The molecule has 96 valence electrons. The molecular weight excluding hydrogens is 342 g/mol. The molecule has 0 aromatic heterocycles. The monoisotopic (exact) mass is 361 g/mol. The molecule has 0 aliphatic carbocycles. The van der Waals surface area contributed by atoms with Gasteiger partial charge in [-0.05, 0) is 52.9 Å². The van der Waals surface area contributed by atoms with Crippen LogP contribution in [0.15, 0.2) is 21.1 Å². The minimum atomic E-state index is 1.04. The Morgan fingerprint density at radius 2 is 1.71 bits per heavy atom. The Morgan fingerprint density at radius 3 is 2.35 bits per heavy atom. The van der Waals surface area contributed by atoms with Crippen LogP contribution in [0.3, 0.4) is 0 Å². The molecule has 1 nitrogen and oxygen atoms in total. The summed E-state index contributed by atoms with van der Waals surface area (Å²) in [5.74, 6) is 0. The predicted octanol–water partition coefficient (Wildman–Crippen LogP) is 5.77. The predicted molar refractivity (Wildman–Crippen MR) is 83.9 cm³/mol. The summed E-state index contributed by atoms with van der Waals surface area (Å²) < 4.78 is 2.39. The molecule has 0 fully saturated rings. The van der Waals surface area contributed by atoms with Crippen LogP contribution in [0, 0.1) is 0 Å². The van der Waals surface area contributed by atoms with Gasteiger partial charge in [-0.2, -0.15) is 0 Å². The van der Waals surface area contributed by atoms with Crippen molar-refractivity contribution in [2.75, 3.05) is 11.9 Å². The molecule has 0 spiro atoms. The normalized spacial score (nSPS) is 10.6. The third-order valence-corrected chi connectivity index (χ3v) is 4.18. The first-order chi connectivity index (χ1) is 8.19. The van der Waals surface area contributed by atoms with Crippen LogP contribution in [0.25, 0.3) is 0 Å². The van der Waals surface area contributed by atoms with Crippen LogP contribution < -0.4 is 5.32 Å². The zero-order chi connectivity index (χ0) is 12.7. The summed E-state index contributed by atoms with van der Waals surface area (Å²) in [6.07, 6.45) is 6.06. The fraction of sp³-hybridized carbons (Fsp3) is 0.571. The van der Waals surface area contributed by atoms with Crippen LogP contribution in [-0.2, 0) is 6.42 Å². The summed E-state index contributed by atoms with van der Waals surface area (Å²) in [6.45, 7) is 5.47. The SMILES string of the molecule is CCCCNc1cc(Br)c(CCCC)cc1Br. The van der Waals surface area contributed by atoms with E-state index in [-0.39, 0.29) is 0 Å². The van der Waals surface area contributed by atoms with Crippen molar-refractivity contribution in [3.8, 4) is 0 Å². The maximum Gasteiger partial charge on any atom is 0.0496 e. The summed E-state index contributed by atoms with van der Waals surface area (Å²) in [4.78, 5) is 0. The van der Waals surface area contributed by atoms with Crippen molar-refractivity contribution in [1.82, 2.24) is 0 Å². The van der Waals surface area contributed by atoms with E-state index in [1.807, 2.05) is 0 Å². The van der Waals surface area contributed by atoms with E-state index in [9.17, 15) is 0 Å². The molecule has 1 aromatic carbocycles. The molecule has 0 bridgehead atoms. The van der Waals surface area contributed by atoms with Crippen molar-refractivity contribution < 1.29 is 0 Å². The fourth-order valence-corrected chi connectivity index (χ4v) is 2.75. The Hall–Kier alpha value is -0.0200. The van der Waals surface area contributed by atoms with E-state index >= 15 is 0 Å². The molecule has 1 N–H and O–H groups in total.